The average molecular weight is 480 g/mol. The van der Waals surface area contributed by atoms with E-state index in [1.807, 2.05) is 38.1 Å². The smallest absolute Gasteiger partial charge is 0.244 e. The van der Waals surface area contributed by atoms with Crippen molar-refractivity contribution in [2.24, 2.45) is 0 Å². The minimum absolute atomic E-state index is 0.167. The third kappa shape index (κ3) is 6.97. The monoisotopic (exact) mass is 479 g/mol. The van der Waals surface area contributed by atoms with E-state index in [1.54, 1.807) is 31.2 Å². The molecule has 2 aromatic carbocycles. The molecule has 2 rings (SSSR count). The zero-order valence-corrected chi connectivity index (χ0v) is 20.4. The van der Waals surface area contributed by atoms with Gasteiger partial charge in [0.1, 0.15) is 12.6 Å². The van der Waals surface area contributed by atoms with Gasteiger partial charge in [-0.25, -0.2) is 8.42 Å². The van der Waals surface area contributed by atoms with E-state index in [4.69, 9.17) is 11.6 Å². The maximum absolute atomic E-state index is 13.4. The van der Waals surface area contributed by atoms with Crippen molar-refractivity contribution >= 4 is 39.1 Å². The number of amides is 2. The highest BCUT2D eigenvalue weighted by Gasteiger charge is 2.30. The minimum atomic E-state index is -3.81. The number of benzene rings is 2. The quantitative estimate of drug-likeness (QED) is 0.566. The number of halogens is 1. The van der Waals surface area contributed by atoms with Crippen molar-refractivity contribution in [3.8, 4) is 0 Å². The van der Waals surface area contributed by atoms with Crippen LogP contribution in [0.3, 0.4) is 0 Å². The van der Waals surface area contributed by atoms with Crippen molar-refractivity contribution in [1.29, 1.82) is 0 Å². The molecule has 0 saturated carbocycles. The molecule has 0 aliphatic rings. The van der Waals surface area contributed by atoms with Crippen LogP contribution >= 0.6 is 11.6 Å². The molecule has 32 heavy (non-hydrogen) atoms. The van der Waals surface area contributed by atoms with Crippen molar-refractivity contribution in [3.63, 3.8) is 0 Å². The first kappa shape index (κ1) is 25.7. The molecule has 2 aromatic rings. The lowest BCUT2D eigenvalue weighted by atomic mass is 10.1. The Balaban J connectivity index is 2.37. The fraction of sp³-hybridized carbons (Fsp3) is 0.391. The number of aryl methyl sites for hydroxylation is 1. The van der Waals surface area contributed by atoms with E-state index in [9.17, 15) is 18.0 Å². The van der Waals surface area contributed by atoms with Gasteiger partial charge in [0.15, 0.2) is 0 Å². The molecule has 0 aliphatic heterocycles. The molecular weight excluding hydrogens is 450 g/mol. The molecule has 0 aliphatic carbocycles. The molecular formula is C23H30ClN3O4S. The van der Waals surface area contributed by atoms with Crippen molar-refractivity contribution in [3.05, 3.63) is 64.7 Å². The maximum atomic E-state index is 13.4. The number of nitrogens with one attached hydrogen (secondary N) is 1. The fourth-order valence-corrected chi connectivity index (χ4v) is 4.27. The Hall–Kier alpha value is -2.58. The summed E-state index contributed by atoms with van der Waals surface area (Å²) < 4.78 is 26.0. The van der Waals surface area contributed by atoms with Gasteiger partial charge < -0.3 is 10.2 Å². The van der Waals surface area contributed by atoms with Gasteiger partial charge in [-0.05, 0) is 38.0 Å². The molecule has 0 heterocycles. The zero-order chi connectivity index (χ0) is 23.9. The lowest BCUT2D eigenvalue weighted by Gasteiger charge is -2.31. The standard InChI is InChI=1S/C23H30ClN3O4S/c1-5-14-25-23(29)18(3)26(15-19-12-10-17(2)11-13-19)22(28)16-27(32(4,30)31)21-9-7-6-8-20(21)24/h6-13,18H,5,14-16H2,1-4H3,(H,25,29)/t18-/m0/s1. The number of anilines is 1. The number of carbonyl (C=O) groups is 2. The van der Waals surface area contributed by atoms with Gasteiger partial charge in [-0.3, -0.25) is 13.9 Å². The Morgan fingerprint density at radius 2 is 1.72 bits per heavy atom. The Labute approximate surface area is 195 Å². The van der Waals surface area contributed by atoms with Crippen LogP contribution < -0.4 is 9.62 Å². The van der Waals surface area contributed by atoms with E-state index in [2.05, 4.69) is 5.32 Å². The van der Waals surface area contributed by atoms with Gasteiger partial charge in [0.25, 0.3) is 0 Å². The predicted octanol–water partition coefficient (Wildman–Crippen LogP) is 3.36. The number of para-hydroxylation sites is 1. The number of hydrogen-bond acceptors (Lipinski definition) is 4. The Bertz CT molecular complexity index is 1040. The highest BCUT2D eigenvalue weighted by molar-refractivity contribution is 7.92. The van der Waals surface area contributed by atoms with E-state index >= 15 is 0 Å². The van der Waals surface area contributed by atoms with Gasteiger partial charge in [0.05, 0.1) is 17.0 Å². The molecule has 1 N–H and O–H groups in total. The van der Waals surface area contributed by atoms with E-state index in [0.29, 0.717) is 6.54 Å². The number of rotatable bonds is 10. The molecule has 0 aromatic heterocycles. The summed E-state index contributed by atoms with van der Waals surface area (Å²) >= 11 is 6.21. The molecule has 7 nitrogen and oxygen atoms in total. The van der Waals surface area contributed by atoms with E-state index in [-0.39, 0.29) is 23.2 Å². The zero-order valence-electron chi connectivity index (χ0n) is 18.8. The van der Waals surface area contributed by atoms with Gasteiger partial charge in [0, 0.05) is 13.1 Å². The summed E-state index contributed by atoms with van der Waals surface area (Å²) in [6.07, 6.45) is 1.78. The second kappa shape index (κ2) is 11.3. The SMILES string of the molecule is CCCNC(=O)[C@H](C)N(Cc1ccc(C)cc1)C(=O)CN(c1ccccc1Cl)S(C)(=O)=O. The van der Waals surface area contributed by atoms with Crippen LogP contribution in [0.2, 0.25) is 5.02 Å². The summed E-state index contributed by atoms with van der Waals surface area (Å²) in [6.45, 7) is 5.72. The van der Waals surface area contributed by atoms with Crippen molar-refractivity contribution in [1.82, 2.24) is 10.2 Å². The van der Waals surface area contributed by atoms with Gasteiger partial charge >= 0.3 is 0 Å². The second-order valence-corrected chi connectivity index (χ2v) is 10.0. The lowest BCUT2D eigenvalue weighted by Crippen LogP contribution is -2.51. The molecule has 0 unspecified atom stereocenters. The van der Waals surface area contributed by atoms with Crippen molar-refractivity contribution in [2.45, 2.75) is 39.8 Å². The first-order valence-electron chi connectivity index (χ1n) is 10.4. The summed E-state index contributed by atoms with van der Waals surface area (Å²) in [5.41, 5.74) is 2.12. The summed E-state index contributed by atoms with van der Waals surface area (Å²) in [5, 5.41) is 3.01. The van der Waals surface area contributed by atoms with Crippen LogP contribution in [-0.2, 0) is 26.2 Å². The number of sulfonamides is 1. The van der Waals surface area contributed by atoms with Crippen molar-refractivity contribution in [2.75, 3.05) is 23.7 Å². The topological polar surface area (TPSA) is 86.8 Å². The van der Waals surface area contributed by atoms with Gasteiger partial charge in [-0.2, -0.15) is 0 Å². The molecule has 0 fully saturated rings. The maximum Gasteiger partial charge on any atom is 0.244 e. The van der Waals surface area contributed by atoms with Gasteiger partial charge in [0.2, 0.25) is 21.8 Å². The fourth-order valence-electron chi connectivity index (χ4n) is 3.12. The average Bonchev–Trinajstić information content (AvgIpc) is 2.74. The van der Waals surface area contributed by atoms with Gasteiger partial charge in [-0.15, -0.1) is 0 Å². The molecule has 1 atom stereocenters. The molecule has 0 radical (unpaired) electrons. The molecule has 0 spiro atoms. The van der Waals surface area contributed by atoms with Crippen LogP contribution in [0.5, 0.6) is 0 Å². The second-order valence-electron chi connectivity index (χ2n) is 7.70. The lowest BCUT2D eigenvalue weighted by molar-refractivity contribution is -0.139. The number of hydrogen-bond donors (Lipinski definition) is 1. The summed E-state index contributed by atoms with van der Waals surface area (Å²) in [6, 6.07) is 13.3. The van der Waals surface area contributed by atoms with Crippen LogP contribution in [0.4, 0.5) is 5.69 Å². The molecule has 0 bridgehead atoms. The molecule has 9 heteroatoms. The molecule has 174 valence electrons. The Morgan fingerprint density at radius 3 is 2.28 bits per heavy atom. The normalized spacial score (nSPS) is 12.2. The first-order valence-corrected chi connectivity index (χ1v) is 12.6. The van der Waals surface area contributed by atoms with Crippen LogP contribution in [0, 0.1) is 6.92 Å². The molecule has 0 saturated heterocycles. The minimum Gasteiger partial charge on any atom is -0.354 e. The highest BCUT2D eigenvalue weighted by atomic mass is 35.5. The number of carbonyl (C=O) groups excluding carboxylic acids is 2. The largest absolute Gasteiger partial charge is 0.354 e. The Kier molecular flexibility index (Phi) is 9.09. The van der Waals surface area contributed by atoms with Crippen molar-refractivity contribution < 1.29 is 18.0 Å². The van der Waals surface area contributed by atoms with Crippen LogP contribution in [0.25, 0.3) is 0 Å². The van der Waals surface area contributed by atoms with Gasteiger partial charge in [-0.1, -0.05) is 60.5 Å². The summed E-state index contributed by atoms with van der Waals surface area (Å²) in [7, 11) is -3.81. The van der Waals surface area contributed by atoms with Crippen LogP contribution in [0.15, 0.2) is 48.5 Å². The van der Waals surface area contributed by atoms with E-state index in [1.165, 1.54) is 4.90 Å². The third-order valence-corrected chi connectivity index (χ3v) is 6.44. The first-order chi connectivity index (χ1) is 15.0. The van der Waals surface area contributed by atoms with Crippen LogP contribution in [-0.4, -0.2) is 50.5 Å². The Morgan fingerprint density at radius 1 is 1.09 bits per heavy atom. The predicted molar refractivity (Wildman–Crippen MR) is 128 cm³/mol. The van der Waals surface area contributed by atoms with E-state index in [0.717, 1.165) is 28.1 Å². The highest BCUT2D eigenvalue weighted by Crippen LogP contribution is 2.27. The molecule has 2 amide bonds. The third-order valence-electron chi connectivity index (χ3n) is 4.99. The summed E-state index contributed by atoms with van der Waals surface area (Å²) in [4.78, 5) is 27.4. The van der Waals surface area contributed by atoms with E-state index < -0.39 is 28.5 Å². The van der Waals surface area contributed by atoms with Crippen LogP contribution in [0.1, 0.15) is 31.4 Å². The number of nitrogens with zero attached hydrogens (tertiary/aromatic N) is 2. The summed E-state index contributed by atoms with van der Waals surface area (Å²) in [5.74, 6) is -0.800.